The highest BCUT2D eigenvalue weighted by atomic mass is 16.2. The summed E-state index contributed by atoms with van der Waals surface area (Å²) in [6.45, 7) is 2.88. The van der Waals surface area contributed by atoms with Crippen molar-refractivity contribution in [2.45, 2.75) is 44.7 Å². The van der Waals surface area contributed by atoms with E-state index >= 15 is 0 Å². The molecule has 20 heavy (non-hydrogen) atoms. The normalized spacial score (nSPS) is 19.5. The molecule has 0 aliphatic heterocycles. The molecule has 4 nitrogen and oxygen atoms in total. The van der Waals surface area contributed by atoms with Crippen molar-refractivity contribution in [3.63, 3.8) is 0 Å². The van der Waals surface area contributed by atoms with Gasteiger partial charge >= 0.3 is 6.03 Å². The fourth-order valence-corrected chi connectivity index (χ4v) is 2.43. The highest BCUT2D eigenvalue weighted by Gasteiger charge is 2.36. The number of nitrogens with one attached hydrogen (secondary N) is 1. The average molecular weight is 273 g/mol. The molecule has 0 radical (unpaired) electrons. The van der Waals surface area contributed by atoms with Gasteiger partial charge < -0.3 is 16.0 Å². The molecule has 2 aliphatic rings. The lowest BCUT2D eigenvalue weighted by atomic mass is 10.1. The van der Waals surface area contributed by atoms with Gasteiger partial charge in [-0.25, -0.2) is 4.79 Å². The molecule has 2 fully saturated rings. The zero-order valence-electron chi connectivity index (χ0n) is 12.0. The van der Waals surface area contributed by atoms with Crippen LogP contribution in [0.15, 0.2) is 24.3 Å². The van der Waals surface area contributed by atoms with Crippen molar-refractivity contribution < 1.29 is 4.79 Å². The van der Waals surface area contributed by atoms with Gasteiger partial charge in [-0.3, -0.25) is 0 Å². The third-order valence-electron chi connectivity index (χ3n) is 4.09. The Morgan fingerprint density at radius 1 is 1.30 bits per heavy atom. The van der Waals surface area contributed by atoms with E-state index in [4.69, 9.17) is 5.73 Å². The molecule has 0 bridgehead atoms. The third-order valence-corrected chi connectivity index (χ3v) is 4.09. The molecular weight excluding hydrogens is 250 g/mol. The molecular formula is C16H23N3O. The number of anilines is 1. The number of hydrogen-bond donors (Lipinski definition) is 2. The van der Waals surface area contributed by atoms with Crippen LogP contribution in [-0.2, 0) is 0 Å². The minimum atomic E-state index is 0.0255. The summed E-state index contributed by atoms with van der Waals surface area (Å²) in [6.07, 6.45) is 4.87. The van der Waals surface area contributed by atoms with E-state index in [1.165, 1.54) is 12.8 Å². The average Bonchev–Trinajstić information content (AvgIpc) is 3.29. The van der Waals surface area contributed by atoms with E-state index < -0.39 is 0 Å². The van der Waals surface area contributed by atoms with Crippen LogP contribution in [-0.4, -0.2) is 23.5 Å². The van der Waals surface area contributed by atoms with Crippen LogP contribution in [0.1, 0.15) is 44.2 Å². The third kappa shape index (κ3) is 3.31. The summed E-state index contributed by atoms with van der Waals surface area (Å²) in [5.41, 5.74) is 7.76. The van der Waals surface area contributed by atoms with Gasteiger partial charge in [0.2, 0.25) is 0 Å². The molecule has 1 atom stereocenters. The van der Waals surface area contributed by atoms with Gasteiger partial charge in [0.1, 0.15) is 0 Å². The Morgan fingerprint density at radius 2 is 1.95 bits per heavy atom. The van der Waals surface area contributed by atoms with Crippen LogP contribution < -0.4 is 11.1 Å². The minimum Gasteiger partial charge on any atom is -0.324 e. The SMILES string of the molecule is CC(N)c1ccc(NC(=O)N(CC2CC2)C2CC2)cc1. The lowest BCUT2D eigenvalue weighted by Gasteiger charge is -2.22. The number of carbonyl (C=O) groups is 1. The maximum atomic E-state index is 12.4. The van der Waals surface area contributed by atoms with Crippen molar-refractivity contribution in [2.75, 3.05) is 11.9 Å². The van der Waals surface area contributed by atoms with Gasteiger partial charge in [-0.2, -0.15) is 0 Å². The Kier molecular flexibility index (Phi) is 3.66. The largest absolute Gasteiger partial charge is 0.324 e. The van der Waals surface area contributed by atoms with Crippen LogP contribution in [0, 0.1) is 5.92 Å². The highest BCUT2D eigenvalue weighted by Crippen LogP contribution is 2.35. The first kappa shape index (κ1) is 13.4. The predicted molar refractivity (Wildman–Crippen MR) is 80.5 cm³/mol. The summed E-state index contributed by atoms with van der Waals surface area (Å²) in [5, 5.41) is 3.01. The first-order valence-corrected chi connectivity index (χ1v) is 7.56. The molecule has 2 amide bonds. The Labute approximate surface area is 120 Å². The zero-order chi connectivity index (χ0) is 14.1. The van der Waals surface area contributed by atoms with E-state index in [9.17, 15) is 4.79 Å². The standard InChI is InChI=1S/C16H23N3O/c1-11(17)13-4-6-14(7-5-13)18-16(20)19(15-8-9-15)10-12-2-3-12/h4-7,11-12,15H,2-3,8-10,17H2,1H3,(H,18,20). The van der Waals surface area contributed by atoms with Crippen molar-refractivity contribution in [3.05, 3.63) is 29.8 Å². The van der Waals surface area contributed by atoms with Crippen molar-refractivity contribution in [1.82, 2.24) is 4.90 Å². The van der Waals surface area contributed by atoms with Crippen LogP contribution in [0.2, 0.25) is 0 Å². The summed E-state index contributed by atoms with van der Waals surface area (Å²) < 4.78 is 0. The fraction of sp³-hybridized carbons (Fsp3) is 0.562. The van der Waals surface area contributed by atoms with Crippen LogP contribution in [0.25, 0.3) is 0 Å². The van der Waals surface area contributed by atoms with Gasteiger partial charge in [-0.15, -0.1) is 0 Å². The number of hydrogen-bond acceptors (Lipinski definition) is 2. The number of benzene rings is 1. The molecule has 0 heterocycles. The smallest absolute Gasteiger partial charge is 0.322 e. The summed E-state index contributed by atoms with van der Waals surface area (Å²) >= 11 is 0. The Morgan fingerprint density at radius 3 is 2.45 bits per heavy atom. The topological polar surface area (TPSA) is 58.4 Å². The molecule has 1 aromatic carbocycles. The summed E-state index contributed by atoms with van der Waals surface area (Å²) in [7, 11) is 0. The first-order chi connectivity index (χ1) is 9.63. The van der Waals surface area contributed by atoms with Crippen molar-refractivity contribution in [1.29, 1.82) is 0 Å². The molecule has 0 aromatic heterocycles. The number of rotatable bonds is 5. The van der Waals surface area contributed by atoms with E-state index in [-0.39, 0.29) is 12.1 Å². The lowest BCUT2D eigenvalue weighted by Crippen LogP contribution is -2.38. The summed E-state index contributed by atoms with van der Waals surface area (Å²) in [6, 6.07) is 8.35. The Balaban J connectivity index is 1.61. The van der Waals surface area contributed by atoms with E-state index in [1.807, 2.05) is 36.1 Å². The van der Waals surface area contributed by atoms with E-state index in [1.54, 1.807) is 0 Å². The van der Waals surface area contributed by atoms with Crippen LogP contribution in [0.4, 0.5) is 10.5 Å². The quantitative estimate of drug-likeness (QED) is 0.866. The number of urea groups is 1. The molecule has 4 heteroatoms. The van der Waals surface area contributed by atoms with E-state index in [0.717, 1.165) is 36.6 Å². The molecule has 0 spiro atoms. The molecule has 0 saturated heterocycles. The first-order valence-electron chi connectivity index (χ1n) is 7.56. The second-order valence-corrected chi connectivity index (χ2v) is 6.17. The van der Waals surface area contributed by atoms with Crippen LogP contribution in [0.3, 0.4) is 0 Å². The number of nitrogens with zero attached hydrogens (tertiary/aromatic N) is 1. The molecule has 1 unspecified atom stereocenters. The zero-order valence-corrected chi connectivity index (χ0v) is 12.0. The molecule has 1 aromatic rings. The van der Waals surface area contributed by atoms with E-state index in [0.29, 0.717) is 6.04 Å². The second kappa shape index (κ2) is 5.44. The van der Waals surface area contributed by atoms with Crippen LogP contribution in [0.5, 0.6) is 0 Å². The number of carbonyl (C=O) groups excluding carboxylic acids is 1. The van der Waals surface area contributed by atoms with Gasteiger partial charge in [-0.05, 0) is 56.2 Å². The van der Waals surface area contributed by atoms with Gasteiger partial charge in [0, 0.05) is 24.3 Å². The van der Waals surface area contributed by atoms with Gasteiger partial charge in [0.15, 0.2) is 0 Å². The maximum Gasteiger partial charge on any atom is 0.322 e. The summed E-state index contributed by atoms with van der Waals surface area (Å²) in [4.78, 5) is 14.4. The summed E-state index contributed by atoms with van der Waals surface area (Å²) in [5.74, 6) is 0.738. The van der Waals surface area contributed by atoms with Crippen LogP contribution >= 0.6 is 0 Å². The predicted octanol–water partition coefficient (Wildman–Crippen LogP) is 3.11. The number of nitrogens with two attached hydrogens (primary N) is 1. The van der Waals surface area contributed by atoms with Crippen molar-refractivity contribution in [2.24, 2.45) is 11.7 Å². The Hall–Kier alpha value is -1.55. The number of amides is 2. The fourth-order valence-electron chi connectivity index (χ4n) is 2.43. The van der Waals surface area contributed by atoms with Crippen molar-refractivity contribution in [3.8, 4) is 0 Å². The molecule has 108 valence electrons. The van der Waals surface area contributed by atoms with Gasteiger partial charge in [0.25, 0.3) is 0 Å². The minimum absolute atomic E-state index is 0.0255. The van der Waals surface area contributed by atoms with E-state index in [2.05, 4.69) is 5.32 Å². The molecule has 2 saturated carbocycles. The second-order valence-electron chi connectivity index (χ2n) is 6.17. The highest BCUT2D eigenvalue weighted by molar-refractivity contribution is 5.89. The van der Waals surface area contributed by atoms with Crippen molar-refractivity contribution >= 4 is 11.7 Å². The van der Waals surface area contributed by atoms with Gasteiger partial charge in [-0.1, -0.05) is 12.1 Å². The maximum absolute atomic E-state index is 12.4. The Bertz CT molecular complexity index is 475. The molecule has 3 rings (SSSR count). The molecule has 3 N–H and O–H groups in total. The van der Waals surface area contributed by atoms with Gasteiger partial charge in [0.05, 0.1) is 0 Å². The lowest BCUT2D eigenvalue weighted by molar-refractivity contribution is 0.206. The molecule has 2 aliphatic carbocycles. The monoisotopic (exact) mass is 273 g/mol.